The minimum Gasteiger partial charge on any atom is -0.493 e. The van der Waals surface area contributed by atoms with Crippen LogP contribution in [0.5, 0.6) is 11.5 Å². The van der Waals surface area contributed by atoms with E-state index in [9.17, 15) is 13.2 Å². The van der Waals surface area contributed by atoms with Crippen LogP contribution in [-0.4, -0.2) is 47.7 Å². The maximum Gasteiger partial charge on any atom is 0.410 e. The van der Waals surface area contributed by atoms with Gasteiger partial charge in [0, 0.05) is 24.2 Å². The first-order valence-electron chi connectivity index (χ1n) is 10.2. The van der Waals surface area contributed by atoms with Gasteiger partial charge in [0.2, 0.25) is 0 Å². The van der Waals surface area contributed by atoms with E-state index in [-0.39, 0.29) is 18.5 Å². The minimum absolute atomic E-state index is 0.0208. The summed E-state index contributed by atoms with van der Waals surface area (Å²) < 4.78 is 52.8. The molecule has 3 atom stereocenters. The number of anilines is 1. The van der Waals surface area contributed by atoms with Crippen molar-refractivity contribution in [1.29, 1.82) is 0 Å². The zero-order valence-corrected chi connectivity index (χ0v) is 17.4. The molecule has 1 N–H and O–H groups in total. The van der Waals surface area contributed by atoms with Gasteiger partial charge in [-0.25, -0.2) is 4.68 Å². The second kappa shape index (κ2) is 8.02. The van der Waals surface area contributed by atoms with E-state index in [4.69, 9.17) is 9.47 Å². The lowest BCUT2D eigenvalue weighted by Crippen LogP contribution is -2.37. The van der Waals surface area contributed by atoms with Gasteiger partial charge in [0.05, 0.1) is 26.0 Å². The number of para-hydroxylation sites is 1. The molecule has 0 radical (unpaired) electrons. The van der Waals surface area contributed by atoms with Crippen molar-refractivity contribution in [3.8, 4) is 11.5 Å². The van der Waals surface area contributed by atoms with Gasteiger partial charge in [-0.1, -0.05) is 12.1 Å². The van der Waals surface area contributed by atoms with E-state index < -0.39 is 12.2 Å². The molecule has 2 aliphatic rings. The van der Waals surface area contributed by atoms with Gasteiger partial charge in [0.1, 0.15) is 5.82 Å². The highest BCUT2D eigenvalue weighted by Gasteiger charge is 2.46. The fourth-order valence-electron chi connectivity index (χ4n) is 4.59. The third-order valence-electron chi connectivity index (χ3n) is 5.96. The smallest absolute Gasteiger partial charge is 0.410 e. The number of likely N-dealkylation sites (tertiary alicyclic amines) is 1. The second-order valence-electron chi connectivity index (χ2n) is 8.02. The number of ether oxygens (including phenoxy) is 2. The summed E-state index contributed by atoms with van der Waals surface area (Å²) in [7, 11) is 3.21. The highest BCUT2D eigenvalue weighted by molar-refractivity contribution is 5.47. The van der Waals surface area contributed by atoms with Crippen molar-refractivity contribution in [3.63, 3.8) is 0 Å². The predicted molar refractivity (Wildman–Crippen MR) is 107 cm³/mol. The Hall–Kier alpha value is -2.42. The standard InChI is InChI=1S/C21H27F3N4O2/c1-13-10-18(21(22,23)24)28-19(25-13)11-15(26-28)16-7-5-9-27(16)12-14-6-4-8-17(29-2)20(14)30-3/h4,6,8,11,13,16,18,25H,5,7,9-10,12H2,1-3H3/t13-,16-,18-/m1/s1. The summed E-state index contributed by atoms with van der Waals surface area (Å²) in [6, 6.07) is 5.64. The van der Waals surface area contributed by atoms with Crippen molar-refractivity contribution < 1.29 is 22.6 Å². The molecule has 1 saturated heterocycles. The number of halogens is 3. The molecule has 1 aromatic carbocycles. The lowest BCUT2D eigenvalue weighted by Gasteiger charge is -2.31. The lowest BCUT2D eigenvalue weighted by atomic mass is 10.1. The van der Waals surface area contributed by atoms with Gasteiger partial charge in [-0.3, -0.25) is 4.90 Å². The van der Waals surface area contributed by atoms with Crippen LogP contribution in [-0.2, 0) is 6.54 Å². The minimum atomic E-state index is -4.32. The maximum absolute atomic E-state index is 13.6. The lowest BCUT2D eigenvalue weighted by molar-refractivity contribution is -0.173. The molecule has 0 amide bonds. The van der Waals surface area contributed by atoms with E-state index in [0.717, 1.165) is 29.6 Å². The topological polar surface area (TPSA) is 51.5 Å². The molecule has 0 saturated carbocycles. The number of methoxy groups -OCH3 is 2. The van der Waals surface area contributed by atoms with Crippen LogP contribution < -0.4 is 14.8 Å². The van der Waals surface area contributed by atoms with E-state index in [1.54, 1.807) is 27.2 Å². The Morgan fingerprint density at radius 1 is 1.23 bits per heavy atom. The highest BCUT2D eigenvalue weighted by atomic mass is 19.4. The number of alkyl halides is 3. The SMILES string of the molecule is COc1cccc(CN2CCC[C@@H]2c2cc3n(n2)[C@@H](C(F)(F)F)C[C@@H](C)N3)c1OC. The normalized spacial score (nSPS) is 24.4. The Bertz CT molecular complexity index is 899. The monoisotopic (exact) mass is 424 g/mol. The number of hydrogen-bond acceptors (Lipinski definition) is 5. The molecule has 2 aromatic rings. The molecule has 0 unspecified atom stereocenters. The molecule has 0 spiro atoms. The zero-order chi connectivity index (χ0) is 21.5. The molecular weight excluding hydrogens is 397 g/mol. The van der Waals surface area contributed by atoms with Crippen LogP contribution in [0.1, 0.15) is 49.5 Å². The molecule has 0 bridgehead atoms. The number of aromatic nitrogens is 2. The van der Waals surface area contributed by atoms with Gasteiger partial charge < -0.3 is 14.8 Å². The number of hydrogen-bond donors (Lipinski definition) is 1. The summed E-state index contributed by atoms with van der Waals surface area (Å²) in [5, 5.41) is 7.57. The maximum atomic E-state index is 13.6. The van der Waals surface area contributed by atoms with Crippen LogP contribution >= 0.6 is 0 Å². The number of benzene rings is 1. The van der Waals surface area contributed by atoms with Gasteiger partial charge >= 0.3 is 6.18 Å². The molecule has 2 aliphatic heterocycles. The Labute approximate surface area is 173 Å². The summed E-state index contributed by atoms with van der Waals surface area (Å²) in [4.78, 5) is 2.25. The molecule has 1 aromatic heterocycles. The molecular formula is C21H27F3N4O2. The summed E-state index contributed by atoms with van der Waals surface area (Å²) in [5.41, 5.74) is 1.66. The molecule has 30 heavy (non-hydrogen) atoms. The molecule has 6 nitrogen and oxygen atoms in total. The zero-order valence-electron chi connectivity index (χ0n) is 17.4. The van der Waals surface area contributed by atoms with Crippen LogP contribution in [0.3, 0.4) is 0 Å². The van der Waals surface area contributed by atoms with Gasteiger partial charge in [0.25, 0.3) is 0 Å². The van der Waals surface area contributed by atoms with E-state index in [1.807, 2.05) is 18.2 Å². The highest BCUT2D eigenvalue weighted by Crippen LogP contribution is 2.42. The van der Waals surface area contributed by atoms with Crippen molar-refractivity contribution in [2.75, 3.05) is 26.1 Å². The summed E-state index contributed by atoms with van der Waals surface area (Å²) >= 11 is 0. The first-order valence-corrected chi connectivity index (χ1v) is 10.2. The number of rotatable bonds is 5. The molecule has 3 heterocycles. The number of nitrogens with zero attached hydrogens (tertiary/aromatic N) is 3. The third kappa shape index (κ3) is 3.82. The number of fused-ring (bicyclic) bond motifs is 1. The van der Waals surface area contributed by atoms with E-state index in [2.05, 4.69) is 15.3 Å². The second-order valence-corrected chi connectivity index (χ2v) is 8.02. The van der Waals surface area contributed by atoms with E-state index in [0.29, 0.717) is 29.6 Å². The van der Waals surface area contributed by atoms with Crippen LogP contribution in [0.15, 0.2) is 24.3 Å². The first-order chi connectivity index (χ1) is 14.3. The third-order valence-corrected chi connectivity index (χ3v) is 5.96. The Morgan fingerprint density at radius 3 is 2.73 bits per heavy atom. The van der Waals surface area contributed by atoms with Crippen LogP contribution in [0.25, 0.3) is 0 Å². The van der Waals surface area contributed by atoms with Crippen LogP contribution in [0, 0.1) is 0 Å². The van der Waals surface area contributed by atoms with Crippen LogP contribution in [0.2, 0.25) is 0 Å². The Balaban J connectivity index is 1.61. The first kappa shape index (κ1) is 20.8. The van der Waals surface area contributed by atoms with Gasteiger partial charge in [0.15, 0.2) is 17.5 Å². The molecule has 1 fully saturated rings. The quantitative estimate of drug-likeness (QED) is 0.764. The van der Waals surface area contributed by atoms with Gasteiger partial charge in [-0.15, -0.1) is 0 Å². The average Bonchev–Trinajstić information content (AvgIpc) is 3.32. The summed E-state index contributed by atoms with van der Waals surface area (Å²) in [6.07, 6.45) is -2.52. The van der Waals surface area contributed by atoms with Crippen molar-refractivity contribution in [1.82, 2.24) is 14.7 Å². The fraction of sp³-hybridized carbons (Fsp3) is 0.571. The largest absolute Gasteiger partial charge is 0.493 e. The summed E-state index contributed by atoms with van der Waals surface area (Å²) in [5.74, 6) is 1.79. The van der Waals surface area contributed by atoms with Crippen LogP contribution in [0.4, 0.5) is 19.0 Å². The fourth-order valence-corrected chi connectivity index (χ4v) is 4.59. The molecule has 9 heteroatoms. The van der Waals surface area contributed by atoms with Gasteiger partial charge in [-0.2, -0.15) is 18.3 Å². The molecule has 0 aliphatic carbocycles. The van der Waals surface area contributed by atoms with Gasteiger partial charge in [-0.05, 0) is 38.8 Å². The summed E-state index contributed by atoms with van der Waals surface area (Å²) in [6.45, 7) is 3.23. The predicted octanol–water partition coefficient (Wildman–Crippen LogP) is 4.54. The Morgan fingerprint density at radius 2 is 2.03 bits per heavy atom. The Kier molecular flexibility index (Phi) is 5.57. The molecule has 164 valence electrons. The van der Waals surface area contributed by atoms with Crippen molar-refractivity contribution in [3.05, 3.63) is 35.5 Å². The van der Waals surface area contributed by atoms with E-state index >= 15 is 0 Å². The average molecular weight is 424 g/mol. The van der Waals surface area contributed by atoms with Crippen molar-refractivity contribution >= 4 is 5.82 Å². The number of nitrogens with one attached hydrogen (secondary N) is 1. The van der Waals surface area contributed by atoms with E-state index in [1.165, 1.54) is 0 Å². The van der Waals surface area contributed by atoms with Crippen molar-refractivity contribution in [2.24, 2.45) is 0 Å². The van der Waals surface area contributed by atoms with Crippen molar-refractivity contribution in [2.45, 2.75) is 57.0 Å². The molecule has 4 rings (SSSR count).